The van der Waals surface area contributed by atoms with Gasteiger partial charge in [0.25, 0.3) is 5.91 Å². The zero-order valence-electron chi connectivity index (χ0n) is 6.06. The van der Waals surface area contributed by atoms with Crippen LogP contribution in [-0.2, 0) is 4.79 Å². The van der Waals surface area contributed by atoms with E-state index >= 15 is 0 Å². The molecule has 0 rings (SSSR count). The van der Waals surface area contributed by atoms with E-state index in [2.05, 4.69) is 10.6 Å². The fourth-order valence-corrected chi connectivity index (χ4v) is 0.377. The Morgan fingerprint density at radius 1 is 1.50 bits per heavy atom. The van der Waals surface area contributed by atoms with Crippen LogP contribution in [0.2, 0.25) is 0 Å². The average Bonchev–Trinajstić information content (AvgIpc) is 1.98. The van der Waals surface area contributed by atoms with Crippen molar-refractivity contribution in [2.45, 2.75) is 0 Å². The molecule has 0 aliphatic carbocycles. The number of hydrogen-bond acceptors (Lipinski definition) is 3. The molecule has 0 aromatic rings. The normalized spacial score (nSPS) is 9.40. The summed E-state index contributed by atoms with van der Waals surface area (Å²) >= 11 is 0. The molecule has 3 N–H and O–H groups in total. The average molecular weight is 141 g/mol. The Labute approximate surface area is 59.8 Å². The van der Waals surface area contributed by atoms with Gasteiger partial charge in [-0.3, -0.25) is 10.2 Å². The van der Waals surface area contributed by atoms with Crippen molar-refractivity contribution in [1.82, 2.24) is 10.6 Å². The molecule has 10 heavy (non-hydrogen) atoms. The van der Waals surface area contributed by atoms with Gasteiger partial charge in [0.2, 0.25) is 0 Å². The van der Waals surface area contributed by atoms with Crippen molar-refractivity contribution in [1.29, 1.82) is 5.41 Å². The van der Waals surface area contributed by atoms with Crippen LogP contribution >= 0.6 is 0 Å². The number of carbonyl (C=O) groups excluding carboxylic acids is 1. The lowest BCUT2D eigenvalue weighted by Gasteiger charge is -1.93. The maximum atomic E-state index is 10.6. The summed E-state index contributed by atoms with van der Waals surface area (Å²) in [6, 6.07) is 0. The van der Waals surface area contributed by atoms with Crippen LogP contribution in [0.5, 0.6) is 0 Å². The predicted molar refractivity (Wildman–Crippen MR) is 40.0 cm³/mol. The smallest absolute Gasteiger partial charge is 0.268 e. The summed E-state index contributed by atoms with van der Waals surface area (Å²) in [5.41, 5.74) is -0.0585. The highest BCUT2D eigenvalue weighted by molar-refractivity contribution is 6.41. The lowest BCUT2D eigenvalue weighted by atomic mass is 10.3. The Bertz CT molecular complexity index is 162. The van der Waals surface area contributed by atoms with Crippen molar-refractivity contribution in [3.05, 3.63) is 12.3 Å². The summed E-state index contributed by atoms with van der Waals surface area (Å²) in [6.45, 7) is 0. The number of amides is 1. The van der Waals surface area contributed by atoms with E-state index in [1.165, 1.54) is 19.3 Å². The molecule has 0 saturated carbocycles. The molecule has 1 amide bonds. The highest BCUT2D eigenvalue weighted by Gasteiger charge is 1.99. The first-order valence-electron chi connectivity index (χ1n) is 2.86. The van der Waals surface area contributed by atoms with Gasteiger partial charge in [-0.1, -0.05) is 0 Å². The molecule has 0 atom stereocenters. The zero-order chi connectivity index (χ0) is 7.98. The van der Waals surface area contributed by atoms with Crippen molar-refractivity contribution < 1.29 is 4.79 Å². The Morgan fingerprint density at radius 2 is 2.10 bits per heavy atom. The third kappa shape index (κ3) is 2.86. The molecule has 0 aromatic heterocycles. The maximum absolute atomic E-state index is 10.6. The zero-order valence-corrected chi connectivity index (χ0v) is 6.06. The lowest BCUT2D eigenvalue weighted by Crippen LogP contribution is -2.25. The van der Waals surface area contributed by atoms with Gasteiger partial charge in [-0.15, -0.1) is 0 Å². The molecule has 0 radical (unpaired) electrons. The van der Waals surface area contributed by atoms with Gasteiger partial charge in [0, 0.05) is 14.1 Å². The van der Waals surface area contributed by atoms with Crippen LogP contribution in [0.25, 0.3) is 0 Å². The number of nitrogens with one attached hydrogen (secondary N) is 3. The fraction of sp³-hybridized carbons (Fsp3) is 0.333. The van der Waals surface area contributed by atoms with Gasteiger partial charge in [0.15, 0.2) is 0 Å². The Kier molecular flexibility index (Phi) is 3.95. The first-order chi connectivity index (χ1) is 4.72. The molecule has 0 aliphatic heterocycles. The molecule has 0 aliphatic rings. The van der Waals surface area contributed by atoms with Gasteiger partial charge in [-0.25, -0.2) is 0 Å². The van der Waals surface area contributed by atoms with Gasteiger partial charge >= 0.3 is 0 Å². The standard InChI is InChI=1S/C6H11N3O/c1-8-4-3-5(7)6(10)9-2/h3-4,7-8H,1-2H3,(H,9,10)/b4-3-,7-5?. The topological polar surface area (TPSA) is 65.0 Å². The van der Waals surface area contributed by atoms with E-state index in [4.69, 9.17) is 5.41 Å². The summed E-state index contributed by atoms with van der Waals surface area (Å²) in [4.78, 5) is 10.6. The van der Waals surface area contributed by atoms with Gasteiger partial charge in [-0.05, 0) is 12.3 Å². The summed E-state index contributed by atoms with van der Waals surface area (Å²) in [7, 11) is 3.19. The second kappa shape index (κ2) is 4.55. The Morgan fingerprint density at radius 3 is 2.50 bits per heavy atom. The van der Waals surface area contributed by atoms with Crippen LogP contribution in [0, 0.1) is 5.41 Å². The molecular formula is C6H11N3O. The van der Waals surface area contributed by atoms with Crippen LogP contribution in [0.1, 0.15) is 0 Å². The summed E-state index contributed by atoms with van der Waals surface area (Å²) < 4.78 is 0. The van der Waals surface area contributed by atoms with Crippen LogP contribution in [0.15, 0.2) is 12.3 Å². The molecule has 0 saturated heterocycles. The van der Waals surface area contributed by atoms with Crippen LogP contribution in [0.3, 0.4) is 0 Å². The minimum atomic E-state index is -0.383. The number of carbonyl (C=O) groups is 1. The lowest BCUT2D eigenvalue weighted by molar-refractivity contribution is -0.114. The molecule has 0 spiro atoms. The fourth-order valence-electron chi connectivity index (χ4n) is 0.377. The molecule has 0 unspecified atom stereocenters. The third-order valence-corrected chi connectivity index (χ3v) is 0.888. The number of hydrogen-bond donors (Lipinski definition) is 3. The van der Waals surface area contributed by atoms with Crippen molar-refractivity contribution >= 4 is 11.6 Å². The quantitative estimate of drug-likeness (QED) is 0.463. The second-order valence-electron chi connectivity index (χ2n) is 1.61. The van der Waals surface area contributed by atoms with E-state index in [0.29, 0.717) is 0 Å². The summed E-state index contributed by atoms with van der Waals surface area (Å²) in [5.74, 6) is -0.383. The van der Waals surface area contributed by atoms with Crippen molar-refractivity contribution in [3.8, 4) is 0 Å². The van der Waals surface area contributed by atoms with Crippen molar-refractivity contribution in [2.24, 2.45) is 0 Å². The van der Waals surface area contributed by atoms with E-state index in [1.54, 1.807) is 7.05 Å². The van der Waals surface area contributed by atoms with E-state index in [1.807, 2.05) is 0 Å². The Balaban J connectivity index is 3.85. The molecule has 4 nitrogen and oxygen atoms in total. The predicted octanol–water partition coefficient (Wildman–Crippen LogP) is -0.515. The number of rotatable bonds is 3. The minimum Gasteiger partial charge on any atom is -0.394 e. The molecule has 56 valence electrons. The summed E-state index contributed by atoms with van der Waals surface area (Å²) in [5, 5.41) is 12.1. The SMILES string of the molecule is CN/C=C\C(=N)C(=O)NC. The molecule has 4 heteroatoms. The van der Waals surface area contributed by atoms with Crippen molar-refractivity contribution in [2.75, 3.05) is 14.1 Å². The molecule has 0 fully saturated rings. The molecule has 0 heterocycles. The van der Waals surface area contributed by atoms with Crippen LogP contribution in [0.4, 0.5) is 0 Å². The minimum absolute atomic E-state index is 0.0585. The summed E-state index contributed by atoms with van der Waals surface area (Å²) in [6.07, 6.45) is 2.91. The first kappa shape index (κ1) is 8.68. The first-order valence-corrected chi connectivity index (χ1v) is 2.86. The molecule has 0 bridgehead atoms. The second-order valence-corrected chi connectivity index (χ2v) is 1.61. The van der Waals surface area contributed by atoms with Crippen LogP contribution in [-0.4, -0.2) is 25.7 Å². The largest absolute Gasteiger partial charge is 0.394 e. The van der Waals surface area contributed by atoms with Crippen LogP contribution < -0.4 is 10.6 Å². The van der Waals surface area contributed by atoms with Gasteiger partial charge in [0.05, 0.1) is 0 Å². The molecule has 0 aromatic carbocycles. The van der Waals surface area contributed by atoms with E-state index in [-0.39, 0.29) is 11.6 Å². The van der Waals surface area contributed by atoms with Gasteiger partial charge in [0.1, 0.15) is 5.71 Å². The Hall–Kier alpha value is -1.32. The van der Waals surface area contributed by atoms with E-state index in [9.17, 15) is 4.79 Å². The maximum Gasteiger partial charge on any atom is 0.268 e. The van der Waals surface area contributed by atoms with E-state index in [0.717, 1.165) is 0 Å². The third-order valence-electron chi connectivity index (χ3n) is 0.888. The monoisotopic (exact) mass is 141 g/mol. The highest BCUT2D eigenvalue weighted by atomic mass is 16.1. The van der Waals surface area contributed by atoms with Gasteiger partial charge in [-0.2, -0.15) is 0 Å². The van der Waals surface area contributed by atoms with Gasteiger partial charge < -0.3 is 10.6 Å². The highest BCUT2D eigenvalue weighted by Crippen LogP contribution is 1.74. The van der Waals surface area contributed by atoms with E-state index < -0.39 is 0 Å². The van der Waals surface area contributed by atoms with Crippen molar-refractivity contribution in [3.63, 3.8) is 0 Å². The molecular weight excluding hydrogens is 130 g/mol.